The van der Waals surface area contributed by atoms with Crippen molar-refractivity contribution in [2.45, 2.75) is 32.6 Å². The Bertz CT molecular complexity index is 390. The summed E-state index contributed by atoms with van der Waals surface area (Å²) in [5.41, 5.74) is 1.15. The van der Waals surface area contributed by atoms with Gasteiger partial charge in [-0.25, -0.2) is 0 Å². The highest BCUT2D eigenvalue weighted by Gasteiger charge is 2.27. The summed E-state index contributed by atoms with van der Waals surface area (Å²) in [5.74, 6) is 0.733. The van der Waals surface area contributed by atoms with Gasteiger partial charge in [-0.3, -0.25) is 9.89 Å². The van der Waals surface area contributed by atoms with Gasteiger partial charge in [0, 0.05) is 43.4 Å². The maximum Gasteiger partial charge on any atom is 0.226 e. The van der Waals surface area contributed by atoms with E-state index in [0.29, 0.717) is 5.92 Å². The van der Waals surface area contributed by atoms with Gasteiger partial charge in [-0.15, -0.1) is 0 Å². The van der Waals surface area contributed by atoms with Crippen LogP contribution in [0.4, 0.5) is 0 Å². The molecule has 0 bridgehead atoms. The van der Waals surface area contributed by atoms with E-state index in [1.807, 2.05) is 17.9 Å². The van der Waals surface area contributed by atoms with Gasteiger partial charge in [-0.1, -0.05) is 13.8 Å². The number of carbonyl (C=O) groups is 1. The molecule has 0 saturated carbocycles. The molecule has 1 saturated heterocycles. The SMILES string of the molecule is CCNCC(C)C(=O)N1CCCC(c2ccn[nH]2)C1. The number of H-pyrrole nitrogens is 1. The molecule has 1 aromatic rings. The molecule has 5 heteroatoms. The first-order valence-corrected chi connectivity index (χ1v) is 7.21. The number of aromatic nitrogens is 2. The van der Waals surface area contributed by atoms with Crippen LogP contribution in [0, 0.1) is 5.92 Å². The predicted molar refractivity (Wildman–Crippen MR) is 74.9 cm³/mol. The largest absolute Gasteiger partial charge is 0.342 e. The zero-order valence-corrected chi connectivity index (χ0v) is 11.9. The van der Waals surface area contributed by atoms with Gasteiger partial charge in [0.15, 0.2) is 0 Å². The highest BCUT2D eigenvalue weighted by atomic mass is 16.2. The molecular formula is C14H24N4O. The molecule has 2 unspecified atom stereocenters. The van der Waals surface area contributed by atoms with Gasteiger partial charge in [-0.2, -0.15) is 5.10 Å². The number of nitrogens with one attached hydrogen (secondary N) is 2. The second-order valence-electron chi connectivity index (χ2n) is 5.34. The molecule has 1 aliphatic heterocycles. The Morgan fingerprint density at radius 3 is 3.21 bits per heavy atom. The van der Waals surface area contributed by atoms with Crippen LogP contribution in [0.1, 0.15) is 38.3 Å². The van der Waals surface area contributed by atoms with E-state index in [9.17, 15) is 4.79 Å². The number of carbonyl (C=O) groups excluding carboxylic acids is 1. The highest BCUT2D eigenvalue weighted by molar-refractivity contribution is 5.78. The van der Waals surface area contributed by atoms with Crippen molar-refractivity contribution in [3.05, 3.63) is 18.0 Å². The van der Waals surface area contributed by atoms with E-state index in [-0.39, 0.29) is 11.8 Å². The van der Waals surface area contributed by atoms with Crippen LogP contribution in [0.5, 0.6) is 0 Å². The summed E-state index contributed by atoms with van der Waals surface area (Å²) in [6.45, 7) is 7.45. The Morgan fingerprint density at radius 1 is 1.68 bits per heavy atom. The number of aromatic amines is 1. The third kappa shape index (κ3) is 3.56. The number of amides is 1. The third-order valence-electron chi connectivity index (χ3n) is 3.82. The Hall–Kier alpha value is -1.36. The Labute approximate surface area is 114 Å². The second kappa shape index (κ2) is 6.70. The lowest BCUT2D eigenvalue weighted by molar-refractivity contribution is -0.136. The van der Waals surface area contributed by atoms with E-state index in [1.165, 1.54) is 0 Å². The van der Waals surface area contributed by atoms with Crippen molar-refractivity contribution in [1.82, 2.24) is 20.4 Å². The number of rotatable bonds is 5. The minimum absolute atomic E-state index is 0.0560. The second-order valence-corrected chi connectivity index (χ2v) is 5.34. The summed E-state index contributed by atoms with van der Waals surface area (Å²) in [7, 11) is 0. The van der Waals surface area contributed by atoms with E-state index in [1.54, 1.807) is 6.20 Å². The van der Waals surface area contributed by atoms with Gasteiger partial charge in [-0.05, 0) is 25.5 Å². The van der Waals surface area contributed by atoms with E-state index in [4.69, 9.17) is 0 Å². The van der Waals surface area contributed by atoms with Crippen LogP contribution >= 0.6 is 0 Å². The first kappa shape index (κ1) is 14.1. The van der Waals surface area contributed by atoms with Crippen molar-refractivity contribution in [3.63, 3.8) is 0 Å². The zero-order chi connectivity index (χ0) is 13.7. The first-order valence-electron chi connectivity index (χ1n) is 7.21. The smallest absolute Gasteiger partial charge is 0.226 e. The van der Waals surface area contributed by atoms with Crippen molar-refractivity contribution in [1.29, 1.82) is 0 Å². The predicted octanol–water partition coefficient (Wildman–Crippen LogP) is 1.36. The molecule has 1 aromatic heterocycles. The van der Waals surface area contributed by atoms with Crippen LogP contribution in [-0.2, 0) is 4.79 Å². The minimum atomic E-state index is 0.0560. The molecule has 0 aliphatic carbocycles. The summed E-state index contributed by atoms with van der Waals surface area (Å²) < 4.78 is 0. The van der Waals surface area contributed by atoms with Gasteiger partial charge >= 0.3 is 0 Å². The summed E-state index contributed by atoms with van der Waals surface area (Å²) in [6, 6.07) is 2.01. The molecule has 106 valence electrons. The molecule has 5 nitrogen and oxygen atoms in total. The Morgan fingerprint density at radius 2 is 2.53 bits per heavy atom. The number of likely N-dealkylation sites (tertiary alicyclic amines) is 1. The van der Waals surface area contributed by atoms with Crippen molar-refractivity contribution < 1.29 is 4.79 Å². The maximum atomic E-state index is 12.4. The third-order valence-corrected chi connectivity index (χ3v) is 3.82. The van der Waals surface area contributed by atoms with Gasteiger partial charge in [0.2, 0.25) is 5.91 Å². The van der Waals surface area contributed by atoms with Crippen molar-refractivity contribution in [2.75, 3.05) is 26.2 Å². The maximum absolute atomic E-state index is 12.4. The van der Waals surface area contributed by atoms with E-state index >= 15 is 0 Å². The van der Waals surface area contributed by atoms with Crippen molar-refractivity contribution >= 4 is 5.91 Å². The highest BCUT2D eigenvalue weighted by Crippen LogP contribution is 2.25. The summed E-state index contributed by atoms with van der Waals surface area (Å²) in [5, 5.41) is 10.3. The normalized spacial score (nSPS) is 21.4. The van der Waals surface area contributed by atoms with Crippen LogP contribution in [0.2, 0.25) is 0 Å². The van der Waals surface area contributed by atoms with E-state index < -0.39 is 0 Å². The molecule has 2 rings (SSSR count). The van der Waals surface area contributed by atoms with Crippen molar-refractivity contribution in [2.24, 2.45) is 5.92 Å². The molecule has 1 fully saturated rings. The number of hydrogen-bond acceptors (Lipinski definition) is 3. The molecule has 1 aliphatic rings. The van der Waals surface area contributed by atoms with Gasteiger partial charge in [0.25, 0.3) is 0 Å². The lowest BCUT2D eigenvalue weighted by atomic mass is 9.94. The number of nitrogens with zero attached hydrogens (tertiary/aromatic N) is 2. The van der Waals surface area contributed by atoms with E-state index in [2.05, 4.69) is 22.4 Å². The van der Waals surface area contributed by atoms with Crippen LogP contribution in [0.3, 0.4) is 0 Å². The molecule has 1 amide bonds. The number of piperidine rings is 1. The zero-order valence-electron chi connectivity index (χ0n) is 11.9. The molecule has 2 heterocycles. The molecule has 19 heavy (non-hydrogen) atoms. The number of hydrogen-bond donors (Lipinski definition) is 2. The van der Waals surface area contributed by atoms with Crippen LogP contribution in [0.15, 0.2) is 12.3 Å². The van der Waals surface area contributed by atoms with Crippen molar-refractivity contribution in [3.8, 4) is 0 Å². The van der Waals surface area contributed by atoms with Crippen LogP contribution < -0.4 is 5.32 Å². The Balaban J connectivity index is 1.91. The molecule has 2 N–H and O–H groups in total. The fourth-order valence-electron chi connectivity index (χ4n) is 2.69. The summed E-state index contributed by atoms with van der Waals surface area (Å²) in [6.07, 6.45) is 3.99. The standard InChI is InChI=1S/C14H24N4O/c1-3-15-9-11(2)14(19)18-8-4-5-12(10-18)13-6-7-16-17-13/h6-7,11-12,15H,3-5,8-10H2,1-2H3,(H,16,17). The molecular weight excluding hydrogens is 240 g/mol. The molecule has 0 spiro atoms. The minimum Gasteiger partial charge on any atom is -0.342 e. The fraction of sp³-hybridized carbons (Fsp3) is 0.714. The van der Waals surface area contributed by atoms with Crippen LogP contribution in [-0.4, -0.2) is 47.2 Å². The average Bonchev–Trinajstić information content (AvgIpc) is 2.98. The summed E-state index contributed by atoms with van der Waals surface area (Å²) >= 11 is 0. The van der Waals surface area contributed by atoms with Gasteiger partial charge in [0.1, 0.15) is 0 Å². The quantitative estimate of drug-likeness (QED) is 0.844. The lowest BCUT2D eigenvalue weighted by Gasteiger charge is -2.34. The van der Waals surface area contributed by atoms with Gasteiger partial charge < -0.3 is 10.2 Å². The average molecular weight is 264 g/mol. The first-order chi connectivity index (χ1) is 9.22. The molecule has 0 radical (unpaired) electrons. The van der Waals surface area contributed by atoms with E-state index in [0.717, 1.165) is 44.7 Å². The topological polar surface area (TPSA) is 61.0 Å². The van der Waals surface area contributed by atoms with Gasteiger partial charge in [0.05, 0.1) is 0 Å². The molecule has 2 atom stereocenters. The lowest BCUT2D eigenvalue weighted by Crippen LogP contribution is -2.44. The fourth-order valence-corrected chi connectivity index (χ4v) is 2.69. The molecule has 0 aromatic carbocycles. The monoisotopic (exact) mass is 264 g/mol. The van der Waals surface area contributed by atoms with Crippen LogP contribution in [0.25, 0.3) is 0 Å². The Kier molecular flexibility index (Phi) is 4.96. The summed E-state index contributed by atoms with van der Waals surface area (Å²) in [4.78, 5) is 14.4.